The van der Waals surface area contributed by atoms with Crippen molar-refractivity contribution in [2.75, 3.05) is 5.73 Å². The zero-order valence-electron chi connectivity index (χ0n) is 9.90. The predicted molar refractivity (Wildman–Crippen MR) is 67.1 cm³/mol. The molecule has 0 saturated heterocycles. The van der Waals surface area contributed by atoms with E-state index in [2.05, 4.69) is 9.97 Å². The maximum atomic E-state index is 12.3. The average Bonchev–Trinajstić information content (AvgIpc) is 2.99. The van der Waals surface area contributed by atoms with Gasteiger partial charge in [0.2, 0.25) is 0 Å². The molecule has 0 bridgehead atoms. The molecule has 0 fully saturated rings. The van der Waals surface area contributed by atoms with E-state index in [-0.39, 0.29) is 26.1 Å². The highest BCUT2D eigenvalue weighted by molar-refractivity contribution is 7.90. The van der Waals surface area contributed by atoms with Crippen molar-refractivity contribution in [2.45, 2.75) is 5.03 Å². The van der Waals surface area contributed by atoms with E-state index in [1.807, 2.05) is 0 Å². The number of rotatable bonds is 2. The smallest absolute Gasteiger partial charge is 0.290 e. The molecule has 8 nitrogen and oxygen atoms in total. The van der Waals surface area contributed by atoms with E-state index in [1.54, 1.807) is 0 Å². The molecular formula is C11H8N4O4S. The molecule has 3 N–H and O–H groups in total. The Hall–Kier alpha value is -2.68. The number of hydrogen-bond donors (Lipinski definition) is 2. The van der Waals surface area contributed by atoms with Crippen LogP contribution in [0.25, 0.3) is 0 Å². The number of sulfonamides is 1. The van der Waals surface area contributed by atoms with Gasteiger partial charge in [-0.25, -0.2) is 4.98 Å². The van der Waals surface area contributed by atoms with Gasteiger partial charge in [0.05, 0.1) is 23.7 Å². The number of imide groups is 1. The Labute approximate surface area is 113 Å². The molecule has 1 aromatic carbocycles. The Balaban J connectivity index is 2.19. The normalized spacial score (nSPS) is 14.7. The molecule has 2 aromatic rings. The van der Waals surface area contributed by atoms with Crippen LogP contribution in [0.5, 0.6) is 0 Å². The van der Waals surface area contributed by atoms with E-state index in [9.17, 15) is 18.0 Å². The van der Waals surface area contributed by atoms with Crippen molar-refractivity contribution in [3.05, 3.63) is 41.9 Å². The summed E-state index contributed by atoms with van der Waals surface area (Å²) in [5.41, 5.74) is 5.57. The van der Waals surface area contributed by atoms with Crippen LogP contribution in [-0.4, -0.2) is 34.5 Å². The molecule has 3 rings (SSSR count). The van der Waals surface area contributed by atoms with Gasteiger partial charge >= 0.3 is 0 Å². The lowest BCUT2D eigenvalue weighted by atomic mass is 10.1. The van der Waals surface area contributed by atoms with Crippen LogP contribution in [0.4, 0.5) is 5.69 Å². The van der Waals surface area contributed by atoms with Crippen LogP contribution in [0.3, 0.4) is 0 Å². The largest absolute Gasteiger partial charge is 0.398 e. The topological polar surface area (TPSA) is 126 Å². The van der Waals surface area contributed by atoms with Crippen LogP contribution in [0.1, 0.15) is 20.7 Å². The van der Waals surface area contributed by atoms with Crippen LogP contribution < -0.4 is 5.73 Å². The summed E-state index contributed by atoms with van der Waals surface area (Å²) in [5, 5.41) is -0.342. The minimum Gasteiger partial charge on any atom is -0.398 e. The zero-order chi connectivity index (χ0) is 14.5. The fourth-order valence-electron chi connectivity index (χ4n) is 1.99. The van der Waals surface area contributed by atoms with Crippen molar-refractivity contribution in [1.82, 2.24) is 14.3 Å². The van der Waals surface area contributed by atoms with Gasteiger partial charge < -0.3 is 10.7 Å². The van der Waals surface area contributed by atoms with Crippen molar-refractivity contribution in [2.24, 2.45) is 0 Å². The number of nitrogens with zero attached hydrogens (tertiary/aromatic N) is 2. The second kappa shape index (κ2) is 3.90. The minimum atomic E-state index is -4.32. The van der Waals surface area contributed by atoms with E-state index < -0.39 is 21.8 Å². The lowest BCUT2D eigenvalue weighted by Gasteiger charge is -2.12. The van der Waals surface area contributed by atoms with Crippen LogP contribution in [0.15, 0.2) is 35.7 Å². The number of fused-ring (bicyclic) bond motifs is 1. The number of nitrogens with one attached hydrogen (secondary N) is 1. The third-order valence-corrected chi connectivity index (χ3v) is 4.49. The van der Waals surface area contributed by atoms with E-state index in [0.717, 1.165) is 12.5 Å². The Morgan fingerprint density at radius 1 is 1.20 bits per heavy atom. The van der Waals surface area contributed by atoms with E-state index in [0.29, 0.717) is 0 Å². The van der Waals surface area contributed by atoms with Gasteiger partial charge in [-0.1, -0.05) is 6.07 Å². The first-order valence-electron chi connectivity index (χ1n) is 5.45. The minimum absolute atomic E-state index is 0.0295. The lowest BCUT2D eigenvalue weighted by Crippen LogP contribution is -2.36. The third kappa shape index (κ3) is 1.46. The lowest BCUT2D eigenvalue weighted by molar-refractivity contribution is 0.0765. The first kappa shape index (κ1) is 12.4. The number of carbonyl (C=O) groups is 2. The van der Waals surface area contributed by atoms with Crippen molar-refractivity contribution in [3.63, 3.8) is 0 Å². The fraction of sp³-hybridized carbons (Fsp3) is 0. The van der Waals surface area contributed by atoms with Gasteiger partial charge in [0, 0.05) is 5.69 Å². The number of anilines is 1. The monoisotopic (exact) mass is 292 g/mol. The highest BCUT2D eigenvalue weighted by Gasteiger charge is 2.45. The van der Waals surface area contributed by atoms with Crippen molar-refractivity contribution in [1.29, 1.82) is 0 Å². The zero-order valence-corrected chi connectivity index (χ0v) is 10.7. The summed E-state index contributed by atoms with van der Waals surface area (Å²) >= 11 is 0. The van der Waals surface area contributed by atoms with E-state index in [4.69, 9.17) is 5.73 Å². The molecule has 102 valence electrons. The average molecular weight is 292 g/mol. The molecule has 1 aliphatic heterocycles. The summed E-state index contributed by atoms with van der Waals surface area (Å²) in [6.45, 7) is 0. The molecule has 0 atom stereocenters. The number of nitrogen functional groups attached to an aromatic ring is 1. The standard InChI is InChI=1S/C11H8N4O4S/c12-7-3-1-2-6-9(7)11(17)15(10(6)16)20(18,19)8-4-13-5-14-8/h1-5H,12H2,(H,13,14). The second-order valence-corrected chi connectivity index (χ2v) is 5.82. The molecule has 0 radical (unpaired) electrons. The van der Waals surface area contributed by atoms with Gasteiger partial charge in [0.15, 0.2) is 5.03 Å². The van der Waals surface area contributed by atoms with Crippen LogP contribution in [0.2, 0.25) is 0 Å². The van der Waals surface area contributed by atoms with Gasteiger partial charge in [-0.3, -0.25) is 9.59 Å². The second-order valence-electron chi connectivity index (χ2n) is 4.07. The fourth-order valence-corrected chi connectivity index (χ4v) is 3.21. The van der Waals surface area contributed by atoms with Crippen LogP contribution >= 0.6 is 0 Å². The number of hydrogen-bond acceptors (Lipinski definition) is 6. The highest BCUT2D eigenvalue weighted by Crippen LogP contribution is 2.31. The molecule has 1 aliphatic rings. The maximum absolute atomic E-state index is 12.3. The van der Waals surface area contributed by atoms with Crippen molar-refractivity contribution >= 4 is 27.5 Å². The van der Waals surface area contributed by atoms with Gasteiger partial charge in [-0.15, -0.1) is 0 Å². The summed E-state index contributed by atoms with van der Waals surface area (Å²) in [5.74, 6) is -1.88. The summed E-state index contributed by atoms with van der Waals surface area (Å²) in [6, 6.07) is 4.26. The Kier molecular flexibility index (Phi) is 2.41. The van der Waals surface area contributed by atoms with Crippen molar-refractivity contribution < 1.29 is 18.0 Å². The van der Waals surface area contributed by atoms with Gasteiger partial charge in [0.25, 0.3) is 21.8 Å². The molecule has 20 heavy (non-hydrogen) atoms. The Morgan fingerprint density at radius 2 is 1.95 bits per heavy atom. The predicted octanol–water partition coefficient (Wildman–Crippen LogP) is -0.0232. The van der Waals surface area contributed by atoms with Crippen molar-refractivity contribution in [3.8, 4) is 0 Å². The summed E-state index contributed by atoms with van der Waals surface area (Å²) in [4.78, 5) is 30.2. The number of imidazole rings is 1. The van der Waals surface area contributed by atoms with Gasteiger partial charge in [0.1, 0.15) is 0 Å². The molecule has 1 aromatic heterocycles. The first-order valence-corrected chi connectivity index (χ1v) is 6.89. The molecule has 0 spiro atoms. The summed E-state index contributed by atoms with van der Waals surface area (Å²) < 4.78 is 24.7. The molecule has 0 aliphatic carbocycles. The van der Waals surface area contributed by atoms with Crippen LogP contribution in [0, 0.1) is 0 Å². The number of H-pyrrole nitrogens is 1. The molecule has 2 amide bonds. The van der Waals surface area contributed by atoms with Gasteiger partial charge in [-0.2, -0.15) is 12.7 Å². The third-order valence-electron chi connectivity index (χ3n) is 2.90. The molecule has 0 unspecified atom stereocenters. The number of aromatic nitrogens is 2. The maximum Gasteiger partial charge on any atom is 0.290 e. The highest BCUT2D eigenvalue weighted by atomic mass is 32.2. The quantitative estimate of drug-likeness (QED) is 0.591. The Morgan fingerprint density at radius 3 is 2.55 bits per heavy atom. The number of amides is 2. The molecule has 2 heterocycles. The van der Waals surface area contributed by atoms with Gasteiger partial charge in [-0.05, 0) is 12.1 Å². The first-order chi connectivity index (χ1) is 9.44. The summed E-state index contributed by atoms with van der Waals surface area (Å²) in [6.07, 6.45) is 2.15. The molecule has 9 heteroatoms. The van der Waals surface area contributed by atoms with E-state index >= 15 is 0 Å². The number of nitrogens with two attached hydrogens (primary N) is 1. The number of aromatic amines is 1. The SMILES string of the molecule is Nc1cccc2c1C(=O)N(S(=O)(=O)c1cnc[nH]1)C2=O. The Bertz CT molecular complexity index is 826. The van der Waals surface area contributed by atoms with Crippen LogP contribution in [-0.2, 0) is 10.0 Å². The molecule has 0 saturated carbocycles. The number of carbonyl (C=O) groups excluding carboxylic acids is 2. The summed E-state index contributed by atoms with van der Waals surface area (Å²) in [7, 11) is -4.32. The van der Waals surface area contributed by atoms with E-state index in [1.165, 1.54) is 18.2 Å². The number of benzene rings is 1. The molecular weight excluding hydrogens is 284 g/mol.